The molecule has 3 N–H and O–H groups in total. The first-order valence-electron chi connectivity index (χ1n) is 9.78. The summed E-state index contributed by atoms with van der Waals surface area (Å²) in [4.78, 5) is 43.7. The van der Waals surface area contributed by atoms with Gasteiger partial charge in [0.1, 0.15) is 30.0 Å². The molecular formula is C19H19N7O6S2. The number of tetrazole rings is 1. The number of aliphatic carboxylic acids is 1. The van der Waals surface area contributed by atoms with Crippen LogP contribution in [-0.2, 0) is 26.3 Å². The number of carbonyl (C=O) groups excluding carboxylic acids is 2. The molecule has 2 aromatic rings. The van der Waals surface area contributed by atoms with E-state index in [1.165, 1.54) is 64.5 Å². The van der Waals surface area contributed by atoms with Gasteiger partial charge in [-0.2, -0.15) is 0 Å². The zero-order valence-corrected chi connectivity index (χ0v) is 19.5. The van der Waals surface area contributed by atoms with Gasteiger partial charge in [0.05, 0.1) is 0 Å². The number of fused-ring (bicyclic) bond motifs is 1. The van der Waals surface area contributed by atoms with Gasteiger partial charge in [0.2, 0.25) is 5.16 Å². The summed E-state index contributed by atoms with van der Waals surface area (Å²) in [6, 6.07) is 4.82. The molecule has 3 heterocycles. The molecule has 2 aliphatic heterocycles. The molecule has 15 heteroatoms. The number of aryl methyl sites for hydroxylation is 1. The van der Waals surface area contributed by atoms with Gasteiger partial charge >= 0.3 is 5.97 Å². The molecule has 1 saturated heterocycles. The fourth-order valence-electron chi connectivity index (χ4n) is 3.43. The van der Waals surface area contributed by atoms with E-state index in [2.05, 4.69) is 26.0 Å². The summed E-state index contributed by atoms with van der Waals surface area (Å²) in [6.45, 7) is 0. The van der Waals surface area contributed by atoms with E-state index < -0.39 is 29.2 Å². The lowest BCUT2D eigenvalue weighted by atomic mass is 10.0. The van der Waals surface area contributed by atoms with Crippen molar-refractivity contribution in [1.29, 1.82) is 0 Å². The second kappa shape index (κ2) is 9.72. The standard InChI is InChI=1S/C19H19N7O6S2/c1-25-19(21-23-24-25)34-8-10-7-33-17-13(16(29)26(17)14(10)18(30)31)20-15(28)12(22-32-2)9-3-5-11(27)6-4-9/h3-6,13,17,27H,7-8H2,1-2H3,(H,20,28)(H,30,31)/t13?,17-/m1/s1. The topological polar surface area (TPSA) is 172 Å². The molecule has 0 radical (unpaired) electrons. The molecule has 0 saturated carbocycles. The molecule has 4 rings (SSSR count). The number of amides is 2. The Morgan fingerprint density at radius 2 is 2.09 bits per heavy atom. The van der Waals surface area contributed by atoms with Crippen LogP contribution in [0.3, 0.4) is 0 Å². The fourth-order valence-corrected chi connectivity index (χ4v) is 5.77. The monoisotopic (exact) mass is 505 g/mol. The minimum absolute atomic E-state index is 0.0155. The van der Waals surface area contributed by atoms with Crippen LogP contribution in [0.2, 0.25) is 0 Å². The summed E-state index contributed by atoms with van der Waals surface area (Å²) in [6.07, 6.45) is 0. The van der Waals surface area contributed by atoms with Crippen LogP contribution in [0, 0.1) is 0 Å². The van der Waals surface area contributed by atoms with E-state index in [1.807, 2.05) is 0 Å². The molecule has 2 atom stereocenters. The van der Waals surface area contributed by atoms with Crippen molar-refractivity contribution >= 4 is 47.0 Å². The van der Waals surface area contributed by atoms with E-state index in [4.69, 9.17) is 4.84 Å². The Balaban J connectivity index is 1.49. The number of nitrogens with one attached hydrogen (secondary N) is 1. The lowest BCUT2D eigenvalue weighted by Crippen LogP contribution is -2.71. The quantitative estimate of drug-likeness (QED) is 0.188. The lowest BCUT2D eigenvalue weighted by molar-refractivity contribution is -0.150. The molecule has 2 aliphatic rings. The Morgan fingerprint density at radius 3 is 2.71 bits per heavy atom. The molecule has 1 aromatic carbocycles. The van der Waals surface area contributed by atoms with Gasteiger partial charge in [-0.1, -0.05) is 16.9 Å². The van der Waals surface area contributed by atoms with Gasteiger partial charge in [0.15, 0.2) is 5.71 Å². The van der Waals surface area contributed by atoms with Crippen molar-refractivity contribution in [2.45, 2.75) is 16.6 Å². The molecule has 0 aliphatic carbocycles. The number of phenols is 1. The summed E-state index contributed by atoms with van der Waals surface area (Å²) < 4.78 is 1.47. The van der Waals surface area contributed by atoms with Gasteiger partial charge < -0.3 is 20.4 Å². The number of carboxylic acid groups (broad SMARTS) is 1. The molecule has 1 unspecified atom stereocenters. The number of benzene rings is 1. The molecule has 0 spiro atoms. The maximum absolute atomic E-state index is 12.9. The zero-order chi connectivity index (χ0) is 24.4. The second-order valence-corrected chi connectivity index (χ2v) is 9.21. The van der Waals surface area contributed by atoms with Crippen molar-refractivity contribution in [2.24, 2.45) is 12.2 Å². The van der Waals surface area contributed by atoms with Gasteiger partial charge in [0, 0.05) is 24.1 Å². The molecule has 0 bridgehead atoms. The third-order valence-electron chi connectivity index (χ3n) is 5.03. The zero-order valence-electron chi connectivity index (χ0n) is 17.9. The van der Waals surface area contributed by atoms with Gasteiger partial charge in [-0.3, -0.25) is 14.5 Å². The molecule has 34 heavy (non-hydrogen) atoms. The number of hydrogen-bond donors (Lipinski definition) is 3. The van der Waals surface area contributed by atoms with Crippen LogP contribution in [-0.4, -0.2) is 88.8 Å². The van der Waals surface area contributed by atoms with Crippen LogP contribution in [0.1, 0.15) is 5.56 Å². The largest absolute Gasteiger partial charge is 0.508 e. The predicted molar refractivity (Wildman–Crippen MR) is 121 cm³/mol. The molecular weight excluding hydrogens is 486 g/mol. The molecule has 1 aromatic heterocycles. The van der Waals surface area contributed by atoms with Crippen LogP contribution in [0.4, 0.5) is 0 Å². The number of phenolic OH excluding ortho intramolecular Hbond substituents is 1. The molecule has 2 amide bonds. The first-order valence-corrected chi connectivity index (χ1v) is 11.8. The van der Waals surface area contributed by atoms with E-state index in [9.17, 15) is 24.6 Å². The van der Waals surface area contributed by atoms with Gasteiger partial charge in [-0.15, -0.1) is 16.9 Å². The average molecular weight is 506 g/mol. The van der Waals surface area contributed by atoms with Crippen molar-refractivity contribution < 1.29 is 29.4 Å². The smallest absolute Gasteiger partial charge is 0.352 e. The highest BCUT2D eigenvalue weighted by Gasteiger charge is 2.54. The van der Waals surface area contributed by atoms with Crippen LogP contribution < -0.4 is 5.32 Å². The Hall–Kier alpha value is -3.59. The minimum Gasteiger partial charge on any atom is -0.508 e. The number of aromatic hydroxyl groups is 1. The van der Waals surface area contributed by atoms with Crippen molar-refractivity contribution in [3.8, 4) is 5.75 Å². The second-order valence-electron chi connectivity index (χ2n) is 7.16. The Bertz CT molecular complexity index is 1200. The van der Waals surface area contributed by atoms with Crippen LogP contribution in [0.5, 0.6) is 5.75 Å². The average Bonchev–Trinajstić information content (AvgIpc) is 3.23. The summed E-state index contributed by atoms with van der Waals surface area (Å²) in [5.41, 5.74) is 0.760. The SMILES string of the molecule is CON=C(C(=O)NC1C(=O)N2C(C(=O)O)=C(CSc3nnnn3C)CS[C@H]12)c1ccc(O)cc1. The first-order chi connectivity index (χ1) is 16.3. The predicted octanol–water partition coefficient (Wildman–Crippen LogP) is -0.203. The fraction of sp³-hybridized carbons (Fsp3) is 0.316. The Labute approximate surface area is 201 Å². The highest BCUT2D eigenvalue weighted by Crippen LogP contribution is 2.41. The maximum Gasteiger partial charge on any atom is 0.352 e. The highest BCUT2D eigenvalue weighted by molar-refractivity contribution is 8.01. The third kappa shape index (κ3) is 4.43. The third-order valence-corrected chi connectivity index (χ3v) is 7.47. The van der Waals surface area contributed by atoms with Gasteiger partial charge in [-0.05, 0) is 40.3 Å². The van der Waals surface area contributed by atoms with E-state index in [0.29, 0.717) is 27.8 Å². The van der Waals surface area contributed by atoms with Crippen molar-refractivity contribution in [1.82, 2.24) is 30.4 Å². The maximum atomic E-state index is 12.9. The Kier molecular flexibility index (Phi) is 6.74. The number of aromatic nitrogens is 4. The molecule has 13 nitrogen and oxygen atoms in total. The van der Waals surface area contributed by atoms with Gasteiger partial charge in [-0.25, -0.2) is 9.48 Å². The highest BCUT2D eigenvalue weighted by atomic mass is 32.2. The lowest BCUT2D eigenvalue weighted by Gasteiger charge is -2.49. The van der Waals surface area contributed by atoms with E-state index >= 15 is 0 Å². The number of nitrogens with zero attached hydrogens (tertiary/aromatic N) is 6. The Morgan fingerprint density at radius 1 is 1.35 bits per heavy atom. The normalized spacial score (nSPS) is 20.0. The van der Waals surface area contributed by atoms with Crippen LogP contribution in [0.15, 0.2) is 45.8 Å². The number of β-lactam (4-membered cyclic amide) rings is 1. The number of rotatable bonds is 8. The number of carbonyl (C=O) groups is 3. The summed E-state index contributed by atoms with van der Waals surface area (Å²) in [5, 5.41) is 36.7. The van der Waals surface area contributed by atoms with Gasteiger partial charge in [0.25, 0.3) is 11.8 Å². The van der Waals surface area contributed by atoms with Crippen LogP contribution in [0.25, 0.3) is 0 Å². The summed E-state index contributed by atoms with van der Waals surface area (Å²) >= 11 is 2.62. The number of oxime groups is 1. The summed E-state index contributed by atoms with van der Waals surface area (Å²) in [5.74, 6) is -1.75. The molecule has 178 valence electrons. The van der Waals surface area contributed by atoms with Crippen molar-refractivity contribution in [3.05, 3.63) is 41.1 Å². The van der Waals surface area contributed by atoms with Crippen LogP contribution >= 0.6 is 23.5 Å². The first kappa shape index (κ1) is 23.6. The number of hydrogen-bond acceptors (Lipinski definition) is 11. The summed E-state index contributed by atoms with van der Waals surface area (Å²) in [7, 11) is 2.95. The van der Waals surface area contributed by atoms with E-state index in [-0.39, 0.29) is 17.2 Å². The van der Waals surface area contributed by atoms with E-state index in [0.717, 1.165) is 0 Å². The number of carboxylic acids is 1. The molecule has 1 fully saturated rings. The van der Waals surface area contributed by atoms with E-state index in [1.54, 1.807) is 7.05 Å². The van der Waals surface area contributed by atoms with Crippen molar-refractivity contribution in [2.75, 3.05) is 18.6 Å². The van der Waals surface area contributed by atoms with Crippen molar-refractivity contribution in [3.63, 3.8) is 0 Å². The minimum atomic E-state index is -1.22. The number of thioether (sulfide) groups is 2.